The van der Waals surface area contributed by atoms with E-state index in [2.05, 4.69) is 11.6 Å². The van der Waals surface area contributed by atoms with Crippen molar-refractivity contribution in [3.05, 3.63) is 65.6 Å². The molecule has 1 unspecified atom stereocenters. The number of hydrogen-bond donors (Lipinski definition) is 2. The van der Waals surface area contributed by atoms with E-state index < -0.39 is 37.5 Å². The highest BCUT2D eigenvalue weighted by molar-refractivity contribution is 7.64. The standard InChI is InChI=1S/C23H21FNO5P/c1-15(2)23-19-5-3-4-6-20(19)25(17-9-7-16(24)8-10-17)21(23)11-12-31(29,30)14-18(26)13-22(27)28/h3-10,15H,13-14H2,1-2H3,(H,27,28)(H,29,30). The summed E-state index contributed by atoms with van der Waals surface area (Å²) in [6, 6.07) is 13.3. The van der Waals surface area contributed by atoms with Crippen LogP contribution in [0.15, 0.2) is 48.5 Å². The maximum atomic E-state index is 13.5. The van der Waals surface area contributed by atoms with Crippen LogP contribution < -0.4 is 0 Å². The topological polar surface area (TPSA) is 96.6 Å². The van der Waals surface area contributed by atoms with Gasteiger partial charge in [-0.2, -0.15) is 0 Å². The second-order valence-corrected chi connectivity index (χ2v) is 9.39. The highest BCUT2D eigenvalue weighted by Gasteiger charge is 2.23. The first kappa shape index (κ1) is 22.5. The fourth-order valence-corrected chi connectivity index (χ4v) is 4.42. The highest BCUT2D eigenvalue weighted by Crippen LogP contribution is 2.40. The first-order valence-corrected chi connectivity index (χ1v) is 11.4. The summed E-state index contributed by atoms with van der Waals surface area (Å²) in [5, 5.41) is 9.59. The van der Waals surface area contributed by atoms with Crippen molar-refractivity contribution in [2.45, 2.75) is 26.2 Å². The number of fused-ring (bicyclic) bond motifs is 1. The Morgan fingerprint density at radius 3 is 2.39 bits per heavy atom. The lowest BCUT2D eigenvalue weighted by atomic mass is 9.99. The number of carbonyl (C=O) groups is 2. The molecular formula is C23H21FNO5P. The number of hydrogen-bond acceptors (Lipinski definition) is 3. The molecule has 0 saturated carbocycles. The van der Waals surface area contributed by atoms with Gasteiger partial charge in [0, 0.05) is 11.1 Å². The molecule has 0 saturated heterocycles. The molecule has 0 aliphatic rings. The number of halogens is 1. The molecule has 0 bridgehead atoms. The molecule has 8 heteroatoms. The Kier molecular flexibility index (Phi) is 6.45. The van der Waals surface area contributed by atoms with Gasteiger partial charge < -0.3 is 14.6 Å². The molecule has 0 spiro atoms. The predicted octanol–water partition coefficient (Wildman–Crippen LogP) is 4.52. The van der Waals surface area contributed by atoms with Gasteiger partial charge in [0.25, 0.3) is 7.37 Å². The van der Waals surface area contributed by atoms with Crippen LogP contribution in [-0.2, 0) is 14.2 Å². The Morgan fingerprint density at radius 1 is 1.13 bits per heavy atom. The average Bonchev–Trinajstić information content (AvgIpc) is 3.00. The number of benzene rings is 2. The molecule has 0 fully saturated rings. The van der Waals surface area contributed by atoms with Crippen molar-refractivity contribution in [3.8, 4) is 17.3 Å². The molecular weight excluding hydrogens is 420 g/mol. The number of aromatic nitrogens is 1. The van der Waals surface area contributed by atoms with Gasteiger partial charge in [-0.3, -0.25) is 14.2 Å². The fraction of sp³-hybridized carbons (Fsp3) is 0.217. The molecule has 1 heterocycles. The molecule has 2 aromatic carbocycles. The summed E-state index contributed by atoms with van der Waals surface area (Å²) in [6.45, 7) is 3.94. The van der Waals surface area contributed by atoms with Crippen LogP contribution in [0.4, 0.5) is 4.39 Å². The molecule has 2 N–H and O–H groups in total. The van der Waals surface area contributed by atoms with Crippen molar-refractivity contribution in [2.75, 3.05) is 6.16 Å². The number of ketones is 1. The predicted molar refractivity (Wildman–Crippen MR) is 116 cm³/mol. The molecule has 1 atom stereocenters. The van der Waals surface area contributed by atoms with Crippen LogP contribution in [0.2, 0.25) is 0 Å². The number of rotatable bonds is 6. The van der Waals surface area contributed by atoms with Gasteiger partial charge in [-0.15, -0.1) is 0 Å². The number of aliphatic carboxylic acids is 1. The maximum Gasteiger partial charge on any atom is 0.310 e. The quantitative estimate of drug-likeness (QED) is 0.333. The normalized spacial score (nSPS) is 12.9. The number of carboxylic acid groups (broad SMARTS) is 1. The van der Waals surface area contributed by atoms with E-state index >= 15 is 0 Å². The minimum Gasteiger partial charge on any atom is -0.481 e. The van der Waals surface area contributed by atoms with Gasteiger partial charge in [-0.25, -0.2) is 4.39 Å². The zero-order valence-electron chi connectivity index (χ0n) is 17.0. The molecule has 1 aromatic heterocycles. The molecule has 160 valence electrons. The largest absolute Gasteiger partial charge is 0.481 e. The van der Waals surface area contributed by atoms with Gasteiger partial charge >= 0.3 is 5.97 Å². The summed E-state index contributed by atoms with van der Waals surface area (Å²) in [4.78, 5) is 32.5. The number of Topliss-reactive ketones (excluding diaryl/α,β-unsaturated/α-hetero) is 1. The smallest absolute Gasteiger partial charge is 0.310 e. The summed E-state index contributed by atoms with van der Waals surface area (Å²) in [5.74, 6) is 0.163. The van der Waals surface area contributed by atoms with Crippen molar-refractivity contribution in [2.24, 2.45) is 0 Å². The summed E-state index contributed by atoms with van der Waals surface area (Å²) >= 11 is 0. The van der Waals surface area contributed by atoms with E-state index in [0.717, 1.165) is 16.5 Å². The van der Waals surface area contributed by atoms with Crippen LogP contribution in [0.25, 0.3) is 16.6 Å². The first-order valence-electron chi connectivity index (χ1n) is 9.57. The summed E-state index contributed by atoms with van der Waals surface area (Å²) in [7, 11) is -4.23. The van der Waals surface area contributed by atoms with Crippen LogP contribution in [0.1, 0.15) is 37.4 Å². The van der Waals surface area contributed by atoms with Gasteiger partial charge in [-0.05, 0) is 53.4 Å². The van der Waals surface area contributed by atoms with E-state index in [9.17, 15) is 23.4 Å². The van der Waals surface area contributed by atoms with Crippen LogP contribution >= 0.6 is 7.37 Å². The summed E-state index contributed by atoms with van der Waals surface area (Å²) < 4.78 is 27.8. The monoisotopic (exact) mass is 441 g/mol. The van der Waals surface area contributed by atoms with Gasteiger partial charge in [0.1, 0.15) is 17.9 Å². The van der Waals surface area contributed by atoms with E-state index in [4.69, 9.17) is 5.11 Å². The Balaban J connectivity index is 2.19. The third-order valence-corrected chi connectivity index (χ3v) is 5.91. The molecule has 0 amide bonds. The third kappa shape index (κ3) is 5.11. The molecule has 31 heavy (non-hydrogen) atoms. The molecule has 6 nitrogen and oxygen atoms in total. The molecule has 3 aromatic rings. The Hall–Kier alpha value is -3.20. The van der Waals surface area contributed by atoms with E-state index in [1.54, 1.807) is 16.7 Å². The number of nitrogens with zero attached hydrogens (tertiary/aromatic N) is 1. The minimum atomic E-state index is -4.23. The van der Waals surface area contributed by atoms with Gasteiger partial charge in [0.2, 0.25) is 0 Å². The maximum absolute atomic E-state index is 13.5. The van der Waals surface area contributed by atoms with Crippen molar-refractivity contribution in [1.82, 2.24) is 4.57 Å². The van der Waals surface area contributed by atoms with Crippen LogP contribution in [0.5, 0.6) is 0 Å². The van der Waals surface area contributed by atoms with Gasteiger partial charge in [0.05, 0.1) is 11.7 Å². The highest BCUT2D eigenvalue weighted by atomic mass is 31.2. The van der Waals surface area contributed by atoms with Crippen LogP contribution in [0, 0.1) is 17.4 Å². The number of carboxylic acids is 1. The molecule has 0 aliphatic heterocycles. The number of para-hydroxylation sites is 1. The SMILES string of the molecule is CC(C)c1c(C#CP(=O)(O)CC(=O)CC(=O)O)n(-c2ccc(F)cc2)c2ccccc12. The van der Waals surface area contributed by atoms with E-state index in [1.807, 2.05) is 38.1 Å². The molecule has 0 aliphatic carbocycles. The third-order valence-electron chi connectivity index (χ3n) is 4.66. The molecule has 0 radical (unpaired) electrons. The Morgan fingerprint density at radius 2 is 1.77 bits per heavy atom. The zero-order chi connectivity index (χ0) is 22.8. The van der Waals surface area contributed by atoms with Crippen molar-refractivity contribution in [1.29, 1.82) is 0 Å². The van der Waals surface area contributed by atoms with Crippen molar-refractivity contribution >= 4 is 30.0 Å². The van der Waals surface area contributed by atoms with Gasteiger partial charge in [-0.1, -0.05) is 32.0 Å². The second kappa shape index (κ2) is 8.89. The lowest BCUT2D eigenvalue weighted by Gasteiger charge is -2.10. The average molecular weight is 441 g/mol. The van der Waals surface area contributed by atoms with E-state index in [0.29, 0.717) is 11.4 Å². The lowest BCUT2D eigenvalue weighted by molar-refractivity contribution is -0.139. The summed E-state index contributed by atoms with van der Waals surface area (Å²) in [5.41, 5.74) is 5.05. The van der Waals surface area contributed by atoms with Gasteiger partial charge in [0.15, 0.2) is 5.78 Å². The second-order valence-electron chi connectivity index (χ2n) is 7.45. The fourth-order valence-electron chi connectivity index (χ4n) is 3.47. The first-order chi connectivity index (χ1) is 14.6. The lowest BCUT2D eigenvalue weighted by Crippen LogP contribution is -2.10. The minimum absolute atomic E-state index is 0.0163. The van der Waals surface area contributed by atoms with Crippen molar-refractivity contribution in [3.63, 3.8) is 0 Å². The Labute approximate surface area is 178 Å². The number of carbonyl (C=O) groups excluding carboxylic acids is 1. The van der Waals surface area contributed by atoms with Crippen molar-refractivity contribution < 1.29 is 28.5 Å². The van der Waals surface area contributed by atoms with Crippen LogP contribution in [-0.4, -0.2) is 32.5 Å². The zero-order valence-corrected chi connectivity index (χ0v) is 17.9. The Bertz CT molecular complexity index is 1260. The molecule has 3 rings (SSSR count). The van der Waals surface area contributed by atoms with E-state index in [-0.39, 0.29) is 5.92 Å². The summed E-state index contributed by atoms with van der Waals surface area (Å²) in [6.07, 6.45) is -1.67. The van der Waals surface area contributed by atoms with Crippen LogP contribution in [0.3, 0.4) is 0 Å². The van der Waals surface area contributed by atoms with E-state index in [1.165, 1.54) is 12.1 Å².